The van der Waals surface area contributed by atoms with Gasteiger partial charge in [-0.2, -0.15) is 0 Å². The third-order valence-corrected chi connectivity index (χ3v) is 3.51. The van der Waals surface area contributed by atoms with Crippen molar-refractivity contribution in [2.75, 3.05) is 25.0 Å². The zero-order valence-electron chi connectivity index (χ0n) is 11.4. The molecule has 0 bridgehead atoms. The molecule has 1 aromatic rings. The van der Waals surface area contributed by atoms with Crippen LogP contribution in [-0.2, 0) is 4.79 Å². The average molecular weight is 277 g/mol. The normalized spacial score (nSPS) is 17.3. The zero-order valence-corrected chi connectivity index (χ0v) is 11.4. The highest BCUT2D eigenvalue weighted by Gasteiger charge is 2.39. The van der Waals surface area contributed by atoms with Gasteiger partial charge in [0.2, 0.25) is 11.8 Å². The van der Waals surface area contributed by atoms with E-state index in [4.69, 9.17) is 5.73 Å². The van der Waals surface area contributed by atoms with Crippen molar-refractivity contribution in [1.82, 2.24) is 4.90 Å². The molecule has 0 radical (unpaired) electrons. The molecule has 6 heteroatoms. The first-order valence-electron chi connectivity index (χ1n) is 6.56. The molecule has 0 spiro atoms. The second-order valence-electron chi connectivity index (χ2n) is 5.21. The predicted molar refractivity (Wildman–Crippen MR) is 75.3 cm³/mol. The summed E-state index contributed by atoms with van der Waals surface area (Å²) in [4.78, 5) is 24.6. The van der Waals surface area contributed by atoms with Crippen LogP contribution in [0.5, 0.6) is 0 Å². The van der Waals surface area contributed by atoms with Crippen LogP contribution in [0, 0.1) is 0 Å². The van der Waals surface area contributed by atoms with Gasteiger partial charge in [-0.05, 0) is 30.7 Å². The maximum atomic E-state index is 11.8. The minimum Gasteiger partial charge on any atom is -0.387 e. The zero-order chi connectivity index (χ0) is 14.8. The first-order chi connectivity index (χ1) is 9.42. The van der Waals surface area contributed by atoms with Crippen LogP contribution >= 0.6 is 0 Å². The number of carbonyl (C=O) groups excluding carboxylic acids is 2. The number of rotatable bonds is 5. The van der Waals surface area contributed by atoms with Gasteiger partial charge in [0.05, 0.1) is 12.1 Å². The number of likely N-dealkylation sites (tertiary alicyclic amines) is 1. The van der Waals surface area contributed by atoms with Gasteiger partial charge in [0, 0.05) is 24.3 Å². The SMILES string of the molecule is CCC1(O)CN(CC(=O)Nc2ccc(C(N)=O)cc2)C1. The number of hydrogen-bond donors (Lipinski definition) is 3. The molecule has 1 aromatic carbocycles. The van der Waals surface area contributed by atoms with Crippen molar-refractivity contribution < 1.29 is 14.7 Å². The topological polar surface area (TPSA) is 95.7 Å². The molecule has 20 heavy (non-hydrogen) atoms. The molecule has 4 N–H and O–H groups in total. The largest absolute Gasteiger partial charge is 0.387 e. The second kappa shape index (κ2) is 5.60. The monoisotopic (exact) mass is 277 g/mol. The second-order valence-corrected chi connectivity index (χ2v) is 5.21. The van der Waals surface area contributed by atoms with Gasteiger partial charge in [-0.1, -0.05) is 6.92 Å². The van der Waals surface area contributed by atoms with Crippen molar-refractivity contribution in [3.63, 3.8) is 0 Å². The number of aliphatic hydroxyl groups is 1. The van der Waals surface area contributed by atoms with Crippen molar-refractivity contribution in [3.8, 4) is 0 Å². The molecule has 6 nitrogen and oxygen atoms in total. The quantitative estimate of drug-likeness (QED) is 0.715. The molecule has 1 aliphatic rings. The van der Waals surface area contributed by atoms with Gasteiger partial charge in [-0.25, -0.2) is 0 Å². The van der Waals surface area contributed by atoms with Crippen LogP contribution < -0.4 is 11.1 Å². The molecule has 108 valence electrons. The van der Waals surface area contributed by atoms with E-state index in [-0.39, 0.29) is 12.5 Å². The lowest BCUT2D eigenvalue weighted by molar-refractivity contribution is -0.128. The molecule has 0 unspecified atom stereocenters. The summed E-state index contributed by atoms with van der Waals surface area (Å²) in [6, 6.07) is 6.40. The Labute approximate surface area is 117 Å². The number of nitrogens with two attached hydrogens (primary N) is 1. The average Bonchev–Trinajstić information content (AvgIpc) is 2.37. The molecule has 0 atom stereocenters. The van der Waals surface area contributed by atoms with E-state index < -0.39 is 11.5 Å². The van der Waals surface area contributed by atoms with Crippen molar-refractivity contribution >= 4 is 17.5 Å². The molecule has 0 aromatic heterocycles. The van der Waals surface area contributed by atoms with E-state index in [0.717, 1.165) is 0 Å². The summed E-state index contributed by atoms with van der Waals surface area (Å²) in [5.41, 5.74) is 5.52. The summed E-state index contributed by atoms with van der Waals surface area (Å²) in [6.45, 7) is 3.23. The van der Waals surface area contributed by atoms with Crippen LogP contribution in [0.3, 0.4) is 0 Å². The third kappa shape index (κ3) is 3.34. The van der Waals surface area contributed by atoms with Gasteiger partial charge in [-0.3, -0.25) is 14.5 Å². The van der Waals surface area contributed by atoms with Crippen LogP contribution in [0.25, 0.3) is 0 Å². The molecule has 1 fully saturated rings. The maximum Gasteiger partial charge on any atom is 0.248 e. The molecule has 1 saturated heterocycles. The van der Waals surface area contributed by atoms with E-state index in [1.54, 1.807) is 24.3 Å². The first kappa shape index (κ1) is 14.5. The highest BCUT2D eigenvalue weighted by Crippen LogP contribution is 2.23. The molecule has 0 aliphatic carbocycles. The van der Waals surface area contributed by atoms with Gasteiger partial charge in [0.25, 0.3) is 0 Å². The van der Waals surface area contributed by atoms with Crippen LogP contribution in [0.1, 0.15) is 23.7 Å². The van der Waals surface area contributed by atoms with E-state index in [9.17, 15) is 14.7 Å². The Balaban J connectivity index is 1.82. The number of benzene rings is 1. The molecule has 1 heterocycles. The number of β-amino-alcohol motifs (C(OH)–C–C–N with tert-alkyl or cyclic N) is 1. The van der Waals surface area contributed by atoms with Crippen molar-refractivity contribution in [3.05, 3.63) is 29.8 Å². The fraction of sp³-hybridized carbons (Fsp3) is 0.429. The van der Waals surface area contributed by atoms with E-state index in [1.807, 2.05) is 11.8 Å². The van der Waals surface area contributed by atoms with Crippen molar-refractivity contribution in [2.45, 2.75) is 18.9 Å². The minimum absolute atomic E-state index is 0.144. The van der Waals surface area contributed by atoms with E-state index in [2.05, 4.69) is 5.32 Å². The van der Waals surface area contributed by atoms with Crippen molar-refractivity contribution in [2.24, 2.45) is 5.73 Å². The predicted octanol–water partition coefficient (Wildman–Crippen LogP) is 0.181. The summed E-state index contributed by atoms with van der Waals surface area (Å²) in [6.07, 6.45) is 0.694. The summed E-state index contributed by atoms with van der Waals surface area (Å²) >= 11 is 0. The Hall–Kier alpha value is -1.92. The van der Waals surface area contributed by atoms with Crippen LogP contribution in [-0.4, -0.2) is 47.1 Å². The van der Waals surface area contributed by atoms with Gasteiger partial charge in [0.15, 0.2) is 0 Å². The fourth-order valence-electron chi connectivity index (χ4n) is 2.24. The molecular formula is C14H19N3O3. The molecule has 1 aliphatic heterocycles. The van der Waals surface area contributed by atoms with E-state index in [1.165, 1.54) is 0 Å². The summed E-state index contributed by atoms with van der Waals surface area (Å²) in [7, 11) is 0. The number of carbonyl (C=O) groups is 2. The standard InChI is InChI=1S/C14H19N3O3/c1-2-14(20)8-17(9-14)7-12(18)16-11-5-3-10(4-6-11)13(15)19/h3-6,20H,2,7-9H2,1H3,(H2,15,19)(H,16,18). The van der Waals surface area contributed by atoms with Crippen LogP contribution in [0.2, 0.25) is 0 Å². The molecule has 2 rings (SSSR count). The molecular weight excluding hydrogens is 258 g/mol. The summed E-state index contributed by atoms with van der Waals surface area (Å²) in [5, 5.41) is 12.6. The summed E-state index contributed by atoms with van der Waals surface area (Å²) < 4.78 is 0. The Morgan fingerprint density at radius 3 is 2.45 bits per heavy atom. The Bertz CT molecular complexity index is 507. The van der Waals surface area contributed by atoms with E-state index in [0.29, 0.717) is 30.8 Å². The first-order valence-corrected chi connectivity index (χ1v) is 6.56. The van der Waals surface area contributed by atoms with Gasteiger partial charge in [-0.15, -0.1) is 0 Å². The summed E-state index contributed by atoms with van der Waals surface area (Å²) in [5.74, 6) is -0.641. The molecule has 0 saturated carbocycles. The fourth-order valence-corrected chi connectivity index (χ4v) is 2.24. The van der Waals surface area contributed by atoms with Gasteiger partial charge < -0.3 is 16.2 Å². The number of anilines is 1. The third-order valence-electron chi connectivity index (χ3n) is 3.51. The minimum atomic E-state index is -0.636. The maximum absolute atomic E-state index is 11.8. The Morgan fingerprint density at radius 1 is 1.35 bits per heavy atom. The number of nitrogens with one attached hydrogen (secondary N) is 1. The van der Waals surface area contributed by atoms with Crippen LogP contribution in [0.4, 0.5) is 5.69 Å². The van der Waals surface area contributed by atoms with Crippen LogP contribution in [0.15, 0.2) is 24.3 Å². The number of primary amides is 1. The smallest absolute Gasteiger partial charge is 0.248 e. The highest BCUT2D eigenvalue weighted by molar-refractivity contribution is 5.95. The number of hydrogen-bond acceptors (Lipinski definition) is 4. The number of nitrogens with zero attached hydrogens (tertiary/aromatic N) is 1. The molecule has 2 amide bonds. The lowest BCUT2D eigenvalue weighted by Gasteiger charge is -2.45. The van der Waals surface area contributed by atoms with Gasteiger partial charge >= 0.3 is 0 Å². The van der Waals surface area contributed by atoms with Gasteiger partial charge in [0.1, 0.15) is 0 Å². The number of amides is 2. The lowest BCUT2D eigenvalue weighted by Crippen LogP contribution is -2.62. The Kier molecular flexibility index (Phi) is 4.06. The lowest BCUT2D eigenvalue weighted by atomic mass is 9.91. The van der Waals surface area contributed by atoms with E-state index >= 15 is 0 Å². The highest BCUT2D eigenvalue weighted by atomic mass is 16.3. The van der Waals surface area contributed by atoms with Crippen molar-refractivity contribution in [1.29, 1.82) is 0 Å². The Morgan fingerprint density at radius 2 is 1.95 bits per heavy atom.